The number of nitrogens with zero attached hydrogens (tertiary/aromatic N) is 1. The van der Waals surface area contributed by atoms with Gasteiger partial charge in [-0.3, -0.25) is 0 Å². The van der Waals surface area contributed by atoms with E-state index in [-0.39, 0.29) is 12.3 Å². The molecule has 0 saturated carbocycles. The van der Waals surface area contributed by atoms with Crippen LogP contribution in [0.3, 0.4) is 0 Å². The second kappa shape index (κ2) is 10.3. The number of alkyl halides is 2. The highest BCUT2D eigenvalue weighted by atomic mass is 32.2. The Morgan fingerprint density at radius 1 is 1.33 bits per heavy atom. The van der Waals surface area contributed by atoms with Crippen LogP contribution in [0.1, 0.15) is 12.5 Å². The molecule has 21 heavy (non-hydrogen) atoms. The first-order valence-corrected chi connectivity index (χ1v) is 8.10. The molecule has 2 N–H and O–H groups in total. The molecule has 4 nitrogen and oxygen atoms in total. The number of ether oxygens (including phenoxy) is 1. The number of hydrogen-bond donors (Lipinski definition) is 2. The molecule has 0 aliphatic heterocycles. The van der Waals surface area contributed by atoms with E-state index in [4.69, 9.17) is 0 Å². The summed E-state index contributed by atoms with van der Waals surface area (Å²) in [5, 5.41) is 6.29. The van der Waals surface area contributed by atoms with Crippen molar-refractivity contribution in [3.63, 3.8) is 0 Å². The second-order valence-corrected chi connectivity index (χ2v) is 5.09. The van der Waals surface area contributed by atoms with Gasteiger partial charge in [-0.05, 0) is 19.2 Å². The van der Waals surface area contributed by atoms with Gasteiger partial charge in [0, 0.05) is 24.4 Å². The standard InChI is InChI=1S/C14H21F2N3OS/c1-3-17-14(18-8-9-21-2)19-10-11-6-4-5-7-12(11)20-13(15)16/h4-7,13H,3,8-10H2,1-2H3,(H2,17,18,19). The lowest BCUT2D eigenvalue weighted by Crippen LogP contribution is -2.38. The third kappa shape index (κ3) is 7.17. The maximum absolute atomic E-state index is 12.3. The number of nitrogens with one attached hydrogen (secondary N) is 2. The number of halogens is 2. The average Bonchev–Trinajstić information content (AvgIpc) is 2.45. The summed E-state index contributed by atoms with van der Waals surface area (Å²) in [5.74, 6) is 1.80. The van der Waals surface area contributed by atoms with Gasteiger partial charge in [0.25, 0.3) is 0 Å². The highest BCUT2D eigenvalue weighted by molar-refractivity contribution is 7.98. The lowest BCUT2D eigenvalue weighted by molar-refractivity contribution is -0.0504. The molecule has 0 aliphatic carbocycles. The van der Waals surface area contributed by atoms with Crippen LogP contribution >= 0.6 is 11.8 Å². The summed E-state index contributed by atoms with van der Waals surface area (Å²) in [4.78, 5) is 4.38. The van der Waals surface area contributed by atoms with Crippen LogP contribution in [0.15, 0.2) is 29.3 Å². The highest BCUT2D eigenvalue weighted by Gasteiger charge is 2.08. The summed E-state index contributed by atoms with van der Waals surface area (Å²) in [6, 6.07) is 6.68. The summed E-state index contributed by atoms with van der Waals surface area (Å²) in [7, 11) is 0. The van der Waals surface area contributed by atoms with Gasteiger partial charge in [0.05, 0.1) is 6.54 Å². The zero-order chi connectivity index (χ0) is 15.5. The van der Waals surface area contributed by atoms with Gasteiger partial charge in [0.2, 0.25) is 0 Å². The molecule has 1 aromatic rings. The second-order valence-electron chi connectivity index (χ2n) is 4.10. The minimum Gasteiger partial charge on any atom is -0.434 e. The van der Waals surface area contributed by atoms with Crippen LogP contribution in [0.4, 0.5) is 8.78 Å². The van der Waals surface area contributed by atoms with Crippen molar-refractivity contribution in [2.24, 2.45) is 4.99 Å². The molecule has 7 heteroatoms. The minimum atomic E-state index is -2.83. The van der Waals surface area contributed by atoms with Gasteiger partial charge in [-0.2, -0.15) is 20.5 Å². The maximum atomic E-state index is 12.3. The fraction of sp³-hybridized carbons (Fsp3) is 0.500. The molecule has 1 rings (SSSR count). The van der Waals surface area contributed by atoms with E-state index < -0.39 is 6.61 Å². The molecule has 0 aromatic heterocycles. The van der Waals surface area contributed by atoms with Gasteiger partial charge in [-0.1, -0.05) is 18.2 Å². The van der Waals surface area contributed by atoms with E-state index in [2.05, 4.69) is 20.4 Å². The molecule has 0 saturated heterocycles. The zero-order valence-corrected chi connectivity index (χ0v) is 13.1. The van der Waals surface area contributed by atoms with Crippen molar-refractivity contribution < 1.29 is 13.5 Å². The summed E-state index contributed by atoms with van der Waals surface area (Å²) in [6.07, 6.45) is 2.03. The number of guanidine groups is 1. The van der Waals surface area contributed by atoms with E-state index in [1.807, 2.05) is 13.2 Å². The molecule has 0 amide bonds. The first-order chi connectivity index (χ1) is 10.2. The lowest BCUT2D eigenvalue weighted by Gasteiger charge is -2.12. The number of thioether (sulfide) groups is 1. The molecule has 0 atom stereocenters. The molecule has 0 spiro atoms. The van der Waals surface area contributed by atoms with Crippen molar-refractivity contribution in [2.45, 2.75) is 20.1 Å². The number of rotatable bonds is 8. The van der Waals surface area contributed by atoms with Gasteiger partial charge in [-0.25, -0.2) is 4.99 Å². The molecule has 0 radical (unpaired) electrons. The summed E-state index contributed by atoms with van der Waals surface area (Å²) in [6.45, 7) is 0.947. The zero-order valence-electron chi connectivity index (χ0n) is 12.2. The number of aliphatic imine (C=N–C) groups is 1. The normalized spacial score (nSPS) is 11.6. The number of hydrogen-bond acceptors (Lipinski definition) is 3. The molecule has 0 fully saturated rings. The van der Waals surface area contributed by atoms with Gasteiger partial charge >= 0.3 is 6.61 Å². The van der Waals surface area contributed by atoms with Crippen molar-refractivity contribution in [2.75, 3.05) is 25.1 Å². The lowest BCUT2D eigenvalue weighted by atomic mass is 10.2. The third-order valence-electron chi connectivity index (χ3n) is 2.54. The molecule has 0 aliphatic rings. The van der Waals surface area contributed by atoms with E-state index in [9.17, 15) is 8.78 Å². The summed E-state index contributed by atoms with van der Waals surface area (Å²) >= 11 is 1.74. The van der Waals surface area contributed by atoms with Crippen LogP contribution < -0.4 is 15.4 Å². The van der Waals surface area contributed by atoms with E-state index in [1.54, 1.807) is 30.0 Å². The molecule has 118 valence electrons. The number of benzene rings is 1. The van der Waals surface area contributed by atoms with Crippen LogP contribution in [-0.4, -0.2) is 37.7 Å². The predicted molar refractivity (Wildman–Crippen MR) is 84.3 cm³/mol. The van der Waals surface area contributed by atoms with Crippen LogP contribution in [0, 0.1) is 0 Å². The smallest absolute Gasteiger partial charge is 0.387 e. The van der Waals surface area contributed by atoms with Gasteiger partial charge in [0.15, 0.2) is 5.96 Å². The maximum Gasteiger partial charge on any atom is 0.387 e. The Balaban J connectivity index is 2.70. The first kappa shape index (κ1) is 17.6. The topological polar surface area (TPSA) is 45.7 Å². The number of para-hydroxylation sites is 1. The largest absolute Gasteiger partial charge is 0.434 e. The van der Waals surface area contributed by atoms with Crippen LogP contribution in [0.5, 0.6) is 5.75 Å². The van der Waals surface area contributed by atoms with E-state index >= 15 is 0 Å². The van der Waals surface area contributed by atoms with Crippen molar-refractivity contribution in [3.05, 3.63) is 29.8 Å². The average molecular weight is 317 g/mol. The van der Waals surface area contributed by atoms with Gasteiger partial charge in [0.1, 0.15) is 5.75 Å². The monoisotopic (exact) mass is 317 g/mol. The first-order valence-electron chi connectivity index (χ1n) is 6.71. The van der Waals surface area contributed by atoms with E-state index in [1.165, 1.54) is 6.07 Å². The molecule has 0 bridgehead atoms. The van der Waals surface area contributed by atoms with Crippen LogP contribution in [0.25, 0.3) is 0 Å². The van der Waals surface area contributed by atoms with Crippen molar-refractivity contribution in [3.8, 4) is 5.75 Å². The summed E-state index contributed by atoms with van der Waals surface area (Å²) < 4.78 is 29.2. The third-order valence-corrected chi connectivity index (χ3v) is 3.15. The Hall–Kier alpha value is -1.50. The quantitative estimate of drug-likeness (QED) is 0.440. The summed E-state index contributed by atoms with van der Waals surface area (Å²) in [5.41, 5.74) is 0.625. The highest BCUT2D eigenvalue weighted by Crippen LogP contribution is 2.20. The Bertz CT molecular complexity index is 444. The van der Waals surface area contributed by atoms with Gasteiger partial charge in [-0.15, -0.1) is 0 Å². The fourth-order valence-electron chi connectivity index (χ4n) is 1.62. The molecular weight excluding hydrogens is 296 g/mol. The van der Waals surface area contributed by atoms with Crippen molar-refractivity contribution >= 4 is 17.7 Å². The molecular formula is C14H21F2N3OS. The Labute approximate surface area is 128 Å². The van der Waals surface area contributed by atoms with Crippen molar-refractivity contribution in [1.29, 1.82) is 0 Å². The van der Waals surface area contributed by atoms with Gasteiger partial charge < -0.3 is 15.4 Å². The van der Waals surface area contributed by atoms with Crippen LogP contribution in [0.2, 0.25) is 0 Å². The van der Waals surface area contributed by atoms with E-state index in [0.29, 0.717) is 11.5 Å². The molecule has 0 heterocycles. The Morgan fingerprint density at radius 3 is 2.76 bits per heavy atom. The molecule has 1 aromatic carbocycles. The Morgan fingerprint density at radius 2 is 2.10 bits per heavy atom. The predicted octanol–water partition coefficient (Wildman–Crippen LogP) is 2.71. The minimum absolute atomic E-state index is 0.163. The van der Waals surface area contributed by atoms with Crippen LogP contribution in [-0.2, 0) is 6.54 Å². The fourth-order valence-corrected chi connectivity index (χ4v) is 1.93. The SMILES string of the molecule is CCNC(=NCc1ccccc1OC(F)F)NCCSC. The Kier molecular flexibility index (Phi) is 8.57. The van der Waals surface area contributed by atoms with E-state index in [0.717, 1.165) is 18.8 Å². The van der Waals surface area contributed by atoms with Crippen molar-refractivity contribution in [1.82, 2.24) is 10.6 Å². The molecule has 0 unspecified atom stereocenters.